The number of carbonyl (C=O) groups is 1. The predicted octanol–water partition coefficient (Wildman–Crippen LogP) is 1.72. The Morgan fingerprint density at radius 1 is 1.31 bits per heavy atom. The summed E-state index contributed by atoms with van der Waals surface area (Å²) in [6.45, 7) is 0.728. The molecule has 0 bridgehead atoms. The van der Waals surface area contributed by atoms with E-state index in [0.29, 0.717) is 6.42 Å². The molecule has 2 rings (SSSR count). The summed E-state index contributed by atoms with van der Waals surface area (Å²) >= 11 is 4.30. The van der Waals surface area contributed by atoms with Gasteiger partial charge < -0.3 is 4.90 Å². The molecule has 0 saturated carbocycles. The van der Waals surface area contributed by atoms with E-state index in [9.17, 15) is 4.79 Å². The zero-order chi connectivity index (χ0) is 9.26. The minimum atomic E-state index is 0.172. The molecule has 68 valence electrons. The van der Waals surface area contributed by atoms with Crippen LogP contribution in [-0.2, 0) is 4.79 Å². The van der Waals surface area contributed by atoms with E-state index >= 15 is 0 Å². The Bertz CT molecular complexity index is 312. The Balaban J connectivity index is 2.23. The van der Waals surface area contributed by atoms with Crippen molar-refractivity contribution in [2.75, 3.05) is 11.4 Å². The smallest absolute Gasteiger partial charge is 0.228 e. The number of benzene rings is 1. The van der Waals surface area contributed by atoms with Crippen molar-refractivity contribution in [2.45, 2.75) is 11.7 Å². The first-order chi connectivity index (χ1) is 6.27. The van der Waals surface area contributed by atoms with E-state index in [1.165, 1.54) is 0 Å². The first-order valence-corrected chi connectivity index (χ1v) is 4.82. The minimum absolute atomic E-state index is 0.172. The van der Waals surface area contributed by atoms with Crippen LogP contribution in [-0.4, -0.2) is 17.7 Å². The highest BCUT2D eigenvalue weighted by atomic mass is 32.1. The van der Waals surface area contributed by atoms with Gasteiger partial charge in [0.25, 0.3) is 0 Å². The average Bonchev–Trinajstić information content (AvgIpc) is 2.47. The Labute approximate surface area is 83.0 Å². The van der Waals surface area contributed by atoms with Gasteiger partial charge in [-0.2, -0.15) is 12.6 Å². The molecule has 1 unspecified atom stereocenters. The average molecular weight is 193 g/mol. The van der Waals surface area contributed by atoms with E-state index in [1.54, 1.807) is 4.90 Å². The number of para-hydroxylation sites is 1. The van der Waals surface area contributed by atoms with Gasteiger partial charge in [-0.15, -0.1) is 0 Å². The van der Waals surface area contributed by atoms with Gasteiger partial charge in [-0.3, -0.25) is 4.79 Å². The third-order valence-corrected chi connectivity index (χ3v) is 2.52. The molecule has 0 aromatic heterocycles. The monoisotopic (exact) mass is 193 g/mol. The highest BCUT2D eigenvalue weighted by Gasteiger charge is 2.27. The van der Waals surface area contributed by atoms with Gasteiger partial charge >= 0.3 is 0 Å². The van der Waals surface area contributed by atoms with E-state index in [0.717, 1.165) is 12.2 Å². The van der Waals surface area contributed by atoms with Gasteiger partial charge in [0.05, 0.1) is 0 Å². The largest absolute Gasteiger partial charge is 0.311 e. The summed E-state index contributed by atoms with van der Waals surface area (Å²) in [6, 6.07) is 9.72. The number of amides is 1. The maximum absolute atomic E-state index is 11.5. The lowest BCUT2D eigenvalue weighted by molar-refractivity contribution is -0.117. The summed E-state index contributed by atoms with van der Waals surface area (Å²) in [6.07, 6.45) is 0.554. The molecular formula is C10H11NOS. The fourth-order valence-electron chi connectivity index (χ4n) is 1.55. The second-order valence-electron chi connectivity index (χ2n) is 3.20. The lowest BCUT2D eigenvalue weighted by Crippen LogP contribution is -2.24. The highest BCUT2D eigenvalue weighted by Crippen LogP contribution is 2.23. The SMILES string of the molecule is O=C1CC(S)CN1c1ccccc1. The number of nitrogens with zero attached hydrogens (tertiary/aromatic N) is 1. The van der Waals surface area contributed by atoms with Gasteiger partial charge in [-0.1, -0.05) is 18.2 Å². The van der Waals surface area contributed by atoms with E-state index in [1.807, 2.05) is 30.3 Å². The molecule has 13 heavy (non-hydrogen) atoms. The van der Waals surface area contributed by atoms with Gasteiger partial charge in [0.15, 0.2) is 0 Å². The molecule has 0 spiro atoms. The molecule has 1 fully saturated rings. The molecule has 1 amide bonds. The molecular weight excluding hydrogens is 182 g/mol. The lowest BCUT2D eigenvalue weighted by atomic mass is 10.3. The molecule has 3 heteroatoms. The molecule has 1 aliphatic heterocycles. The second-order valence-corrected chi connectivity index (χ2v) is 3.93. The van der Waals surface area contributed by atoms with Crippen LogP contribution in [0.5, 0.6) is 0 Å². The first kappa shape index (κ1) is 8.63. The minimum Gasteiger partial charge on any atom is -0.311 e. The summed E-state index contributed by atoms with van der Waals surface area (Å²) in [5.41, 5.74) is 0.976. The van der Waals surface area contributed by atoms with Crippen LogP contribution in [0.3, 0.4) is 0 Å². The van der Waals surface area contributed by atoms with Crippen molar-refractivity contribution < 1.29 is 4.79 Å². The predicted molar refractivity (Wildman–Crippen MR) is 56.2 cm³/mol. The Hall–Kier alpha value is -0.960. The van der Waals surface area contributed by atoms with Crippen molar-refractivity contribution in [1.82, 2.24) is 0 Å². The van der Waals surface area contributed by atoms with Crippen molar-refractivity contribution in [3.63, 3.8) is 0 Å². The number of carbonyl (C=O) groups excluding carboxylic acids is 1. The second kappa shape index (κ2) is 3.42. The van der Waals surface area contributed by atoms with E-state index in [-0.39, 0.29) is 11.2 Å². The van der Waals surface area contributed by atoms with Gasteiger partial charge in [0, 0.05) is 23.9 Å². The third-order valence-electron chi connectivity index (χ3n) is 2.17. The number of rotatable bonds is 1. The van der Waals surface area contributed by atoms with Crippen LogP contribution >= 0.6 is 12.6 Å². The van der Waals surface area contributed by atoms with Crippen LogP contribution in [0.15, 0.2) is 30.3 Å². The zero-order valence-corrected chi connectivity index (χ0v) is 8.08. The molecule has 0 N–H and O–H groups in total. The van der Waals surface area contributed by atoms with Crippen molar-refractivity contribution in [3.05, 3.63) is 30.3 Å². The van der Waals surface area contributed by atoms with Crippen LogP contribution in [0.4, 0.5) is 5.69 Å². The summed E-state index contributed by atoms with van der Waals surface area (Å²) in [5, 5.41) is 0.188. The molecule has 0 radical (unpaired) electrons. The van der Waals surface area contributed by atoms with Gasteiger partial charge in [-0.05, 0) is 12.1 Å². The van der Waals surface area contributed by atoms with E-state index < -0.39 is 0 Å². The summed E-state index contributed by atoms with van der Waals surface area (Å²) in [5.74, 6) is 0.172. The third kappa shape index (κ3) is 1.70. The number of anilines is 1. The number of hydrogen-bond acceptors (Lipinski definition) is 2. The molecule has 2 nitrogen and oxygen atoms in total. The number of hydrogen-bond donors (Lipinski definition) is 1. The van der Waals surface area contributed by atoms with Crippen LogP contribution in [0.1, 0.15) is 6.42 Å². The quantitative estimate of drug-likeness (QED) is 0.673. The van der Waals surface area contributed by atoms with Crippen LogP contribution in [0.25, 0.3) is 0 Å². The number of thiol groups is 1. The van der Waals surface area contributed by atoms with Gasteiger partial charge in [0.1, 0.15) is 0 Å². The fourth-order valence-corrected chi connectivity index (χ4v) is 1.87. The Morgan fingerprint density at radius 3 is 2.54 bits per heavy atom. The van der Waals surface area contributed by atoms with E-state index in [2.05, 4.69) is 12.6 Å². The summed E-state index contributed by atoms with van der Waals surface area (Å²) in [4.78, 5) is 13.3. The molecule has 1 aromatic rings. The molecule has 0 aliphatic carbocycles. The first-order valence-electron chi connectivity index (χ1n) is 4.31. The molecule has 1 atom stereocenters. The van der Waals surface area contributed by atoms with Crippen molar-refractivity contribution in [2.24, 2.45) is 0 Å². The zero-order valence-electron chi connectivity index (χ0n) is 7.18. The molecule has 1 heterocycles. The normalized spacial score (nSPS) is 22.4. The maximum Gasteiger partial charge on any atom is 0.228 e. The van der Waals surface area contributed by atoms with Crippen molar-refractivity contribution in [1.29, 1.82) is 0 Å². The lowest BCUT2D eigenvalue weighted by Gasteiger charge is -2.15. The maximum atomic E-state index is 11.5. The molecule has 1 saturated heterocycles. The van der Waals surface area contributed by atoms with Crippen molar-refractivity contribution >= 4 is 24.2 Å². The topological polar surface area (TPSA) is 20.3 Å². The Morgan fingerprint density at radius 2 is 2.00 bits per heavy atom. The summed E-state index contributed by atoms with van der Waals surface area (Å²) in [7, 11) is 0. The van der Waals surface area contributed by atoms with E-state index in [4.69, 9.17) is 0 Å². The van der Waals surface area contributed by atoms with Crippen LogP contribution in [0, 0.1) is 0 Å². The van der Waals surface area contributed by atoms with Crippen LogP contribution in [0.2, 0.25) is 0 Å². The Kier molecular flexibility index (Phi) is 2.27. The van der Waals surface area contributed by atoms with Crippen LogP contribution < -0.4 is 4.90 Å². The van der Waals surface area contributed by atoms with Gasteiger partial charge in [-0.25, -0.2) is 0 Å². The fraction of sp³-hybridized carbons (Fsp3) is 0.300. The van der Waals surface area contributed by atoms with Crippen molar-refractivity contribution in [3.8, 4) is 0 Å². The molecule has 1 aromatic carbocycles. The van der Waals surface area contributed by atoms with Gasteiger partial charge in [0.2, 0.25) is 5.91 Å². The highest BCUT2D eigenvalue weighted by molar-refractivity contribution is 7.81. The standard InChI is InChI=1S/C10H11NOS/c12-10-6-9(13)7-11(10)8-4-2-1-3-5-8/h1-5,9,13H,6-7H2. The summed E-state index contributed by atoms with van der Waals surface area (Å²) < 4.78 is 0. The molecule has 1 aliphatic rings.